The molecular weight excluding hydrogens is 318 g/mol. The highest BCUT2D eigenvalue weighted by Gasteiger charge is 2.29. The lowest BCUT2D eigenvalue weighted by Crippen LogP contribution is -2.36. The Balaban J connectivity index is 1.38. The summed E-state index contributed by atoms with van der Waals surface area (Å²) in [6.07, 6.45) is 5.89. The fourth-order valence-electron chi connectivity index (χ4n) is 3.97. The summed E-state index contributed by atoms with van der Waals surface area (Å²) < 4.78 is 19.2. The fourth-order valence-corrected chi connectivity index (χ4v) is 3.97. The van der Waals surface area contributed by atoms with Crippen molar-refractivity contribution in [1.29, 1.82) is 0 Å². The molecule has 2 aromatic rings. The average molecular weight is 345 g/mol. The van der Waals surface area contributed by atoms with Gasteiger partial charge in [-0.1, -0.05) is 0 Å². The predicted octanol–water partition coefficient (Wildman–Crippen LogP) is 2.56. The second-order valence-electron chi connectivity index (χ2n) is 7.23. The first kappa shape index (κ1) is 16.8. The molecule has 0 N–H and O–H groups in total. The molecule has 0 saturated carbocycles. The Morgan fingerprint density at radius 2 is 2.16 bits per heavy atom. The quantitative estimate of drug-likeness (QED) is 0.805. The lowest BCUT2D eigenvalue weighted by molar-refractivity contribution is 0.0125. The topological polar surface area (TPSA) is 52.7 Å². The molecule has 0 aliphatic carbocycles. The minimum absolute atomic E-state index is 0.353. The minimum atomic E-state index is 0.353. The third kappa shape index (κ3) is 3.97. The van der Waals surface area contributed by atoms with Crippen LogP contribution in [0.4, 0.5) is 0 Å². The van der Waals surface area contributed by atoms with Gasteiger partial charge in [0.05, 0.1) is 31.4 Å². The van der Waals surface area contributed by atoms with Crippen LogP contribution in [-0.2, 0) is 29.6 Å². The van der Waals surface area contributed by atoms with E-state index in [4.69, 9.17) is 13.9 Å². The lowest BCUT2D eigenvalue weighted by Gasteiger charge is -2.32. The Labute approximate surface area is 148 Å². The Kier molecular flexibility index (Phi) is 5.20. The molecule has 2 aromatic heterocycles. The zero-order chi connectivity index (χ0) is 17.1. The summed E-state index contributed by atoms with van der Waals surface area (Å²) in [5.41, 5.74) is 2.49. The van der Waals surface area contributed by atoms with Crippen molar-refractivity contribution in [2.24, 2.45) is 13.0 Å². The van der Waals surface area contributed by atoms with Crippen LogP contribution in [0.25, 0.3) is 0 Å². The molecule has 0 amide bonds. The van der Waals surface area contributed by atoms with E-state index in [9.17, 15) is 0 Å². The molecule has 0 spiro atoms. The van der Waals surface area contributed by atoms with Crippen molar-refractivity contribution >= 4 is 0 Å². The van der Waals surface area contributed by atoms with E-state index in [1.807, 2.05) is 18.5 Å². The number of ether oxygens (including phenoxy) is 2. The molecule has 4 rings (SSSR count). The van der Waals surface area contributed by atoms with E-state index in [2.05, 4.69) is 21.5 Å². The van der Waals surface area contributed by atoms with Crippen molar-refractivity contribution in [2.75, 3.05) is 33.0 Å². The zero-order valence-corrected chi connectivity index (χ0v) is 14.9. The molecule has 1 atom stereocenters. The number of imidazole rings is 1. The molecule has 1 fully saturated rings. The summed E-state index contributed by atoms with van der Waals surface area (Å²) in [6.45, 7) is 6.00. The number of rotatable bonds is 6. The third-order valence-electron chi connectivity index (χ3n) is 5.27. The summed E-state index contributed by atoms with van der Waals surface area (Å²) in [7, 11) is 2.08. The number of hydrogen-bond acceptors (Lipinski definition) is 5. The smallest absolute Gasteiger partial charge is 0.117 e. The maximum Gasteiger partial charge on any atom is 0.117 e. The Morgan fingerprint density at radius 1 is 1.28 bits per heavy atom. The van der Waals surface area contributed by atoms with E-state index < -0.39 is 0 Å². The summed E-state index contributed by atoms with van der Waals surface area (Å²) in [5.74, 6) is 2.00. The van der Waals surface area contributed by atoms with Gasteiger partial charge in [-0.15, -0.1) is 0 Å². The van der Waals surface area contributed by atoms with Gasteiger partial charge in [-0.25, -0.2) is 4.98 Å². The first-order valence-electron chi connectivity index (χ1n) is 9.20. The van der Waals surface area contributed by atoms with Crippen molar-refractivity contribution < 1.29 is 13.9 Å². The molecule has 0 radical (unpaired) electrons. The van der Waals surface area contributed by atoms with Gasteiger partial charge in [0.25, 0.3) is 0 Å². The zero-order valence-electron chi connectivity index (χ0n) is 14.9. The molecular formula is C19H27N3O3. The van der Waals surface area contributed by atoms with Gasteiger partial charge in [-0.05, 0) is 30.9 Å². The van der Waals surface area contributed by atoms with Gasteiger partial charge >= 0.3 is 0 Å². The third-order valence-corrected chi connectivity index (χ3v) is 5.27. The van der Waals surface area contributed by atoms with Gasteiger partial charge in [0.15, 0.2) is 0 Å². The molecule has 6 nitrogen and oxygen atoms in total. The molecule has 25 heavy (non-hydrogen) atoms. The predicted molar refractivity (Wildman–Crippen MR) is 93.1 cm³/mol. The van der Waals surface area contributed by atoms with Gasteiger partial charge in [0.1, 0.15) is 5.76 Å². The summed E-state index contributed by atoms with van der Waals surface area (Å²) >= 11 is 0. The van der Waals surface area contributed by atoms with Crippen molar-refractivity contribution in [1.82, 2.24) is 14.5 Å². The highest BCUT2D eigenvalue weighted by Crippen LogP contribution is 2.29. The Morgan fingerprint density at radius 3 is 2.96 bits per heavy atom. The van der Waals surface area contributed by atoms with Crippen LogP contribution in [0.3, 0.4) is 0 Å². The highest BCUT2D eigenvalue weighted by atomic mass is 16.5. The van der Waals surface area contributed by atoms with Crippen LogP contribution in [0.5, 0.6) is 0 Å². The number of nitrogens with zero attached hydrogens (tertiary/aromatic N) is 3. The van der Waals surface area contributed by atoms with Crippen molar-refractivity contribution in [3.05, 3.63) is 41.9 Å². The van der Waals surface area contributed by atoms with Gasteiger partial charge in [-0.2, -0.15) is 0 Å². The number of furan rings is 1. The molecule has 2 aliphatic rings. The van der Waals surface area contributed by atoms with Crippen LogP contribution in [0.15, 0.2) is 29.1 Å². The maximum absolute atomic E-state index is 6.13. The van der Waals surface area contributed by atoms with Crippen molar-refractivity contribution in [3.8, 4) is 0 Å². The van der Waals surface area contributed by atoms with E-state index in [-0.39, 0.29) is 0 Å². The Hall–Kier alpha value is -1.63. The lowest BCUT2D eigenvalue weighted by atomic mass is 9.98. The molecule has 0 aromatic carbocycles. The molecule has 1 saturated heterocycles. The van der Waals surface area contributed by atoms with Crippen LogP contribution in [0.1, 0.15) is 35.9 Å². The monoisotopic (exact) mass is 345 g/mol. The van der Waals surface area contributed by atoms with E-state index in [0.717, 1.165) is 64.7 Å². The average Bonchev–Trinajstić information content (AvgIpc) is 3.26. The van der Waals surface area contributed by atoms with Crippen LogP contribution in [0, 0.1) is 5.92 Å². The second-order valence-corrected chi connectivity index (χ2v) is 7.23. The molecule has 6 heteroatoms. The number of aromatic nitrogens is 2. The SMILES string of the molecule is Cn1cnc2c1C(COCC1CCOCC1)CN(Cc1ccco1)C2. The molecule has 1 unspecified atom stereocenters. The number of fused-ring (bicyclic) bond motifs is 1. The first-order valence-corrected chi connectivity index (χ1v) is 9.20. The van der Waals surface area contributed by atoms with Crippen LogP contribution in [-0.4, -0.2) is 47.4 Å². The summed E-state index contributed by atoms with van der Waals surface area (Å²) in [4.78, 5) is 7.00. The highest BCUT2D eigenvalue weighted by molar-refractivity contribution is 5.22. The second kappa shape index (κ2) is 7.72. The normalized spacial score (nSPS) is 22.2. The number of hydrogen-bond donors (Lipinski definition) is 0. The van der Waals surface area contributed by atoms with Gasteiger partial charge in [-0.3, -0.25) is 4.90 Å². The van der Waals surface area contributed by atoms with Gasteiger partial charge in [0.2, 0.25) is 0 Å². The first-order chi connectivity index (χ1) is 12.3. The summed E-state index contributed by atoms with van der Waals surface area (Å²) in [6, 6.07) is 3.98. The molecule has 2 aliphatic heterocycles. The standard InChI is InChI=1S/C19H27N3O3/c1-21-14-20-18-11-22(10-17-3-2-6-25-17)9-16(19(18)21)13-24-12-15-4-7-23-8-5-15/h2-3,6,14-16H,4-5,7-13H2,1H3. The molecule has 136 valence electrons. The van der Waals surface area contributed by atoms with Gasteiger partial charge in [0, 0.05) is 51.6 Å². The van der Waals surface area contributed by atoms with Crippen LogP contribution >= 0.6 is 0 Å². The molecule has 0 bridgehead atoms. The van der Waals surface area contributed by atoms with E-state index in [1.165, 1.54) is 11.4 Å². The maximum atomic E-state index is 6.13. The Bertz CT molecular complexity index is 662. The number of aryl methyl sites for hydroxylation is 1. The minimum Gasteiger partial charge on any atom is -0.468 e. The van der Waals surface area contributed by atoms with Crippen molar-refractivity contribution in [3.63, 3.8) is 0 Å². The van der Waals surface area contributed by atoms with Crippen LogP contribution < -0.4 is 0 Å². The van der Waals surface area contributed by atoms with Crippen molar-refractivity contribution in [2.45, 2.75) is 31.8 Å². The van der Waals surface area contributed by atoms with Gasteiger partial charge < -0.3 is 18.5 Å². The largest absolute Gasteiger partial charge is 0.468 e. The molecule has 4 heterocycles. The van der Waals surface area contributed by atoms with E-state index in [1.54, 1.807) is 6.26 Å². The van der Waals surface area contributed by atoms with E-state index >= 15 is 0 Å². The summed E-state index contributed by atoms with van der Waals surface area (Å²) in [5, 5.41) is 0. The van der Waals surface area contributed by atoms with E-state index in [0.29, 0.717) is 11.8 Å². The fraction of sp³-hybridized carbons (Fsp3) is 0.632. The van der Waals surface area contributed by atoms with Crippen LogP contribution in [0.2, 0.25) is 0 Å².